The van der Waals surface area contributed by atoms with Crippen molar-refractivity contribution in [2.45, 2.75) is 32.7 Å². The lowest BCUT2D eigenvalue weighted by Crippen LogP contribution is -2.33. The first kappa shape index (κ1) is 14.9. The highest BCUT2D eigenvalue weighted by atomic mass is 32.2. The van der Waals surface area contributed by atoms with E-state index in [0.29, 0.717) is 18.8 Å². The second-order valence-corrected chi connectivity index (χ2v) is 6.95. The van der Waals surface area contributed by atoms with Crippen molar-refractivity contribution in [3.05, 3.63) is 18.3 Å². The summed E-state index contributed by atoms with van der Waals surface area (Å²) in [5.41, 5.74) is 0.418. The molecule has 2 N–H and O–H groups in total. The number of pyridine rings is 1. The maximum Gasteiger partial charge on any atom is 0.260 e. The minimum atomic E-state index is -3.57. The number of rotatable bonds is 5. The topological polar surface area (TPSA) is 71.1 Å². The summed E-state index contributed by atoms with van der Waals surface area (Å²) in [5.74, 6) is 0. The first-order valence-corrected chi connectivity index (χ1v) is 7.43. The molecule has 0 aromatic carbocycles. The van der Waals surface area contributed by atoms with Crippen molar-refractivity contribution in [2.75, 3.05) is 18.4 Å². The SMILES string of the molecule is CCNc1cccnc1S(=O)(=O)NCC(C)(C)C. The number of anilines is 1. The van der Waals surface area contributed by atoms with E-state index in [4.69, 9.17) is 0 Å². The van der Waals surface area contributed by atoms with Gasteiger partial charge in [-0.1, -0.05) is 20.8 Å². The molecule has 0 fully saturated rings. The zero-order valence-corrected chi connectivity index (χ0v) is 12.1. The second kappa shape index (κ2) is 5.67. The Morgan fingerprint density at radius 3 is 2.56 bits per heavy atom. The van der Waals surface area contributed by atoms with Gasteiger partial charge >= 0.3 is 0 Å². The summed E-state index contributed by atoms with van der Waals surface area (Å²) in [6, 6.07) is 3.42. The summed E-state index contributed by atoms with van der Waals surface area (Å²) in [5, 5.41) is 3.05. The second-order valence-electron chi connectivity index (χ2n) is 5.27. The van der Waals surface area contributed by atoms with Gasteiger partial charge in [-0.15, -0.1) is 0 Å². The van der Waals surface area contributed by atoms with Gasteiger partial charge in [0.2, 0.25) is 0 Å². The average molecular weight is 271 g/mol. The number of hydrogen-bond acceptors (Lipinski definition) is 4. The molecule has 0 aliphatic carbocycles. The summed E-state index contributed by atoms with van der Waals surface area (Å²) in [6.45, 7) is 8.84. The largest absolute Gasteiger partial charge is 0.383 e. The fourth-order valence-electron chi connectivity index (χ4n) is 1.31. The molecule has 0 saturated carbocycles. The summed E-state index contributed by atoms with van der Waals surface area (Å²) in [6.07, 6.45) is 1.48. The van der Waals surface area contributed by atoms with E-state index >= 15 is 0 Å². The zero-order valence-electron chi connectivity index (χ0n) is 11.3. The molecule has 6 heteroatoms. The molecule has 0 saturated heterocycles. The lowest BCUT2D eigenvalue weighted by Gasteiger charge is -2.19. The molecule has 1 aromatic heterocycles. The van der Waals surface area contributed by atoms with E-state index < -0.39 is 10.0 Å². The fourth-order valence-corrected chi connectivity index (χ4v) is 2.70. The third kappa shape index (κ3) is 4.27. The van der Waals surface area contributed by atoms with E-state index in [2.05, 4.69) is 15.0 Å². The van der Waals surface area contributed by atoms with Crippen LogP contribution in [0.25, 0.3) is 0 Å². The molecule has 102 valence electrons. The van der Waals surface area contributed by atoms with E-state index in [1.807, 2.05) is 27.7 Å². The Morgan fingerprint density at radius 1 is 1.33 bits per heavy atom. The van der Waals surface area contributed by atoms with Gasteiger partial charge in [-0.05, 0) is 24.5 Å². The van der Waals surface area contributed by atoms with E-state index in [0.717, 1.165) is 0 Å². The molecule has 0 amide bonds. The van der Waals surface area contributed by atoms with Crippen molar-refractivity contribution >= 4 is 15.7 Å². The van der Waals surface area contributed by atoms with Gasteiger partial charge in [-0.3, -0.25) is 0 Å². The first-order valence-electron chi connectivity index (χ1n) is 5.95. The maximum absolute atomic E-state index is 12.2. The van der Waals surface area contributed by atoms with Crippen LogP contribution in [0.15, 0.2) is 23.4 Å². The molecule has 0 spiro atoms. The normalized spacial score (nSPS) is 12.4. The number of nitrogens with zero attached hydrogens (tertiary/aromatic N) is 1. The van der Waals surface area contributed by atoms with Crippen LogP contribution in [0.2, 0.25) is 0 Å². The molecule has 1 aromatic rings. The van der Waals surface area contributed by atoms with Crippen molar-refractivity contribution in [3.63, 3.8) is 0 Å². The summed E-state index contributed by atoms with van der Waals surface area (Å²) in [7, 11) is -3.57. The van der Waals surface area contributed by atoms with Gasteiger partial charge in [0, 0.05) is 19.3 Å². The van der Waals surface area contributed by atoms with Crippen LogP contribution in [0.4, 0.5) is 5.69 Å². The number of hydrogen-bond donors (Lipinski definition) is 2. The quantitative estimate of drug-likeness (QED) is 0.857. The van der Waals surface area contributed by atoms with Crippen LogP contribution in [-0.4, -0.2) is 26.5 Å². The summed E-state index contributed by atoms with van der Waals surface area (Å²) < 4.78 is 26.9. The highest BCUT2D eigenvalue weighted by molar-refractivity contribution is 7.89. The standard InChI is InChI=1S/C12H21N3O2S/c1-5-13-10-7-6-8-14-11(10)18(16,17)15-9-12(2,3)4/h6-8,13,15H,5,9H2,1-4H3. The predicted molar refractivity (Wildman–Crippen MR) is 73.0 cm³/mol. The van der Waals surface area contributed by atoms with E-state index in [1.54, 1.807) is 12.1 Å². The Hall–Kier alpha value is -1.14. The van der Waals surface area contributed by atoms with E-state index in [9.17, 15) is 8.42 Å². The number of aromatic nitrogens is 1. The average Bonchev–Trinajstić information content (AvgIpc) is 2.27. The molecule has 0 radical (unpaired) electrons. The van der Waals surface area contributed by atoms with Crippen molar-refractivity contribution in [2.24, 2.45) is 5.41 Å². The van der Waals surface area contributed by atoms with Crippen molar-refractivity contribution < 1.29 is 8.42 Å². The van der Waals surface area contributed by atoms with Gasteiger partial charge in [0.1, 0.15) is 0 Å². The van der Waals surface area contributed by atoms with Crippen LogP contribution < -0.4 is 10.0 Å². The minimum Gasteiger partial charge on any atom is -0.383 e. The van der Waals surface area contributed by atoms with E-state index in [1.165, 1.54) is 6.20 Å². The van der Waals surface area contributed by atoms with Crippen LogP contribution in [-0.2, 0) is 10.0 Å². The molecule has 18 heavy (non-hydrogen) atoms. The van der Waals surface area contributed by atoms with Crippen molar-refractivity contribution in [1.82, 2.24) is 9.71 Å². The van der Waals surface area contributed by atoms with Gasteiger partial charge in [-0.2, -0.15) is 0 Å². The lowest BCUT2D eigenvalue weighted by atomic mass is 9.98. The molecular weight excluding hydrogens is 250 g/mol. The van der Waals surface area contributed by atoms with Crippen LogP contribution in [0.5, 0.6) is 0 Å². The van der Waals surface area contributed by atoms with Gasteiger partial charge in [-0.25, -0.2) is 18.1 Å². The Kier molecular flexibility index (Phi) is 4.70. The maximum atomic E-state index is 12.2. The van der Waals surface area contributed by atoms with Crippen LogP contribution >= 0.6 is 0 Å². The number of sulfonamides is 1. The van der Waals surface area contributed by atoms with Crippen LogP contribution in [0.3, 0.4) is 0 Å². The molecule has 0 aliphatic rings. The summed E-state index contributed by atoms with van der Waals surface area (Å²) in [4.78, 5) is 3.96. The zero-order chi connectivity index (χ0) is 13.8. The van der Waals surface area contributed by atoms with Crippen LogP contribution in [0.1, 0.15) is 27.7 Å². The van der Waals surface area contributed by atoms with Gasteiger partial charge in [0.15, 0.2) is 5.03 Å². The molecule has 0 aliphatic heterocycles. The van der Waals surface area contributed by atoms with Crippen LogP contribution in [0, 0.1) is 5.41 Å². The molecule has 0 bridgehead atoms. The lowest BCUT2D eigenvalue weighted by molar-refractivity contribution is 0.407. The fraction of sp³-hybridized carbons (Fsp3) is 0.583. The Morgan fingerprint density at radius 2 is 2.00 bits per heavy atom. The Balaban J connectivity index is 2.98. The molecule has 5 nitrogen and oxygen atoms in total. The highest BCUT2D eigenvalue weighted by Crippen LogP contribution is 2.19. The van der Waals surface area contributed by atoms with Gasteiger partial charge in [0.05, 0.1) is 5.69 Å². The monoisotopic (exact) mass is 271 g/mol. The molecule has 0 unspecified atom stereocenters. The highest BCUT2D eigenvalue weighted by Gasteiger charge is 2.22. The molecule has 1 heterocycles. The smallest absolute Gasteiger partial charge is 0.260 e. The van der Waals surface area contributed by atoms with Crippen molar-refractivity contribution in [3.8, 4) is 0 Å². The van der Waals surface area contributed by atoms with Crippen molar-refractivity contribution in [1.29, 1.82) is 0 Å². The predicted octanol–water partition coefficient (Wildman–Crippen LogP) is 1.84. The summed E-state index contributed by atoms with van der Waals surface area (Å²) >= 11 is 0. The van der Waals surface area contributed by atoms with E-state index in [-0.39, 0.29) is 10.4 Å². The Bertz CT molecular complexity index is 492. The molecule has 0 atom stereocenters. The van der Waals surface area contributed by atoms with Gasteiger partial charge in [0.25, 0.3) is 10.0 Å². The first-order chi connectivity index (χ1) is 8.26. The third-order valence-electron chi connectivity index (χ3n) is 2.19. The number of nitrogens with one attached hydrogen (secondary N) is 2. The molecular formula is C12H21N3O2S. The van der Waals surface area contributed by atoms with Gasteiger partial charge < -0.3 is 5.32 Å². The Labute approximate surface area is 109 Å². The molecule has 1 rings (SSSR count). The minimum absolute atomic E-state index is 0.0519. The third-order valence-corrected chi connectivity index (χ3v) is 3.54.